The number of nitrogens with zero attached hydrogens (tertiary/aromatic N) is 7. The van der Waals surface area contributed by atoms with E-state index in [2.05, 4.69) is 40.2 Å². The number of hydrogen-bond acceptors (Lipinski definition) is 11. The maximum atomic E-state index is 13.2. The summed E-state index contributed by atoms with van der Waals surface area (Å²) in [6, 6.07) is 2.49. The van der Waals surface area contributed by atoms with Gasteiger partial charge in [-0.3, -0.25) is 19.5 Å². The standard InChI is InChI=1S/C22H23N9O4S2/c1-2-35-20-12-23-10-17(28-20)19-11-25-22(36-19)21(32)29-18(13-31-26-7-8-27-31)16-9-14(5-6-24-16)30-37(33,34)15-3-4-15/h5-12,15,18H,2-4,13H2,1H3,(H,24,30)(H,29,32). The number of anilines is 1. The molecule has 0 aromatic carbocycles. The van der Waals surface area contributed by atoms with E-state index >= 15 is 0 Å². The zero-order chi connectivity index (χ0) is 25.8. The lowest BCUT2D eigenvalue weighted by atomic mass is 10.1. The van der Waals surface area contributed by atoms with Crippen molar-refractivity contribution in [2.45, 2.75) is 37.6 Å². The summed E-state index contributed by atoms with van der Waals surface area (Å²) in [5.41, 5.74) is 1.35. The Bertz CT molecular complexity index is 1490. The van der Waals surface area contributed by atoms with Crippen molar-refractivity contribution in [3.05, 3.63) is 60.0 Å². The van der Waals surface area contributed by atoms with Crippen molar-refractivity contribution in [2.24, 2.45) is 0 Å². The molecular formula is C22H23N9O4S2. The van der Waals surface area contributed by atoms with Gasteiger partial charge in [-0.15, -0.1) is 11.3 Å². The first-order chi connectivity index (χ1) is 17.9. The molecule has 13 nitrogen and oxygen atoms in total. The number of rotatable bonds is 11. The Morgan fingerprint density at radius 1 is 1.19 bits per heavy atom. The van der Waals surface area contributed by atoms with E-state index in [1.54, 1.807) is 24.5 Å². The van der Waals surface area contributed by atoms with E-state index in [-0.39, 0.29) is 16.8 Å². The molecule has 2 N–H and O–H groups in total. The first-order valence-electron chi connectivity index (χ1n) is 11.4. The summed E-state index contributed by atoms with van der Waals surface area (Å²) in [6.45, 7) is 2.48. The molecule has 4 aromatic rings. The Hall–Kier alpha value is -3.98. The molecule has 37 heavy (non-hydrogen) atoms. The molecule has 4 heterocycles. The minimum absolute atomic E-state index is 0.171. The van der Waals surface area contributed by atoms with Crippen molar-refractivity contribution in [2.75, 3.05) is 11.3 Å². The van der Waals surface area contributed by atoms with E-state index in [4.69, 9.17) is 4.74 Å². The summed E-state index contributed by atoms with van der Waals surface area (Å²) in [5, 5.41) is 11.0. The average Bonchev–Trinajstić information content (AvgIpc) is 3.42. The first-order valence-corrected chi connectivity index (χ1v) is 13.8. The van der Waals surface area contributed by atoms with Crippen molar-refractivity contribution < 1.29 is 17.9 Å². The molecular weight excluding hydrogens is 518 g/mol. The molecule has 15 heteroatoms. The normalized spacial score (nSPS) is 14.2. The summed E-state index contributed by atoms with van der Waals surface area (Å²) in [5.74, 6) is -0.0532. The van der Waals surface area contributed by atoms with Crippen LogP contribution in [0, 0.1) is 0 Å². The largest absolute Gasteiger partial charge is 0.477 e. The van der Waals surface area contributed by atoms with Crippen LogP contribution in [-0.4, -0.2) is 61.1 Å². The fourth-order valence-electron chi connectivity index (χ4n) is 3.44. The van der Waals surface area contributed by atoms with E-state index in [0.717, 1.165) is 11.3 Å². The SMILES string of the molecule is CCOc1cncc(-c2cnc(C(=O)NC(Cn3nccn3)c3cc(NS(=O)(=O)C4CC4)ccn3)s2)n1. The smallest absolute Gasteiger partial charge is 0.280 e. The number of pyridine rings is 1. The van der Waals surface area contributed by atoms with Gasteiger partial charge in [-0.05, 0) is 31.9 Å². The maximum absolute atomic E-state index is 13.2. The summed E-state index contributed by atoms with van der Waals surface area (Å²) >= 11 is 1.16. The van der Waals surface area contributed by atoms with Crippen molar-refractivity contribution in [1.29, 1.82) is 0 Å². The highest BCUT2D eigenvalue weighted by Crippen LogP contribution is 2.30. The third-order valence-corrected chi connectivity index (χ3v) is 8.22. The van der Waals surface area contributed by atoms with Gasteiger partial charge in [-0.1, -0.05) is 0 Å². The number of amides is 1. The number of nitrogens with one attached hydrogen (secondary N) is 2. The Balaban J connectivity index is 1.36. The van der Waals surface area contributed by atoms with Crippen LogP contribution in [0.25, 0.3) is 10.6 Å². The van der Waals surface area contributed by atoms with Crippen LogP contribution in [0.3, 0.4) is 0 Å². The molecule has 0 radical (unpaired) electrons. The molecule has 0 bridgehead atoms. The van der Waals surface area contributed by atoms with Gasteiger partial charge in [0.1, 0.15) is 5.69 Å². The third-order valence-electron chi connectivity index (χ3n) is 5.34. The van der Waals surface area contributed by atoms with E-state index in [1.165, 1.54) is 29.6 Å². The predicted molar refractivity (Wildman–Crippen MR) is 134 cm³/mol. The molecule has 4 aromatic heterocycles. The average molecular weight is 542 g/mol. The maximum Gasteiger partial charge on any atom is 0.280 e. The Kier molecular flexibility index (Phi) is 7.05. The molecule has 0 spiro atoms. The lowest BCUT2D eigenvalue weighted by Gasteiger charge is -2.18. The van der Waals surface area contributed by atoms with Gasteiger partial charge in [0.05, 0.1) is 65.5 Å². The van der Waals surface area contributed by atoms with Crippen molar-refractivity contribution in [3.8, 4) is 16.5 Å². The Morgan fingerprint density at radius 2 is 2.00 bits per heavy atom. The highest BCUT2D eigenvalue weighted by Gasteiger charge is 2.35. The molecule has 192 valence electrons. The van der Waals surface area contributed by atoms with Gasteiger partial charge in [0, 0.05) is 12.4 Å². The summed E-state index contributed by atoms with van der Waals surface area (Å²) in [6.07, 6.45) is 10.5. The molecule has 0 saturated heterocycles. The van der Waals surface area contributed by atoms with Crippen LogP contribution in [0.2, 0.25) is 0 Å². The molecule has 1 fully saturated rings. The molecule has 5 rings (SSSR count). The van der Waals surface area contributed by atoms with Crippen LogP contribution in [-0.2, 0) is 16.6 Å². The lowest BCUT2D eigenvalue weighted by molar-refractivity contribution is 0.0929. The fourth-order valence-corrected chi connectivity index (χ4v) is 5.60. The third kappa shape index (κ3) is 6.06. The molecule has 1 aliphatic carbocycles. The molecule has 1 aliphatic rings. The summed E-state index contributed by atoms with van der Waals surface area (Å²) < 4.78 is 32.8. The summed E-state index contributed by atoms with van der Waals surface area (Å²) in [7, 11) is -3.45. The number of aromatic nitrogens is 7. The van der Waals surface area contributed by atoms with Crippen LogP contribution in [0.15, 0.2) is 49.3 Å². The quantitative estimate of drug-likeness (QED) is 0.287. The topological polar surface area (TPSA) is 167 Å². The number of sulfonamides is 1. The zero-order valence-electron chi connectivity index (χ0n) is 19.7. The molecule has 1 amide bonds. The number of ether oxygens (including phenoxy) is 1. The van der Waals surface area contributed by atoms with Crippen molar-refractivity contribution in [1.82, 2.24) is 40.2 Å². The van der Waals surface area contributed by atoms with E-state index in [0.29, 0.717) is 47.3 Å². The minimum Gasteiger partial charge on any atom is -0.477 e. The van der Waals surface area contributed by atoms with Gasteiger partial charge < -0.3 is 10.1 Å². The Morgan fingerprint density at radius 3 is 2.76 bits per heavy atom. The highest BCUT2D eigenvalue weighted by atomic mass is 32.2. The lowest BCUT2D eigenvalue weighted by Crippen LogP contribution is -2.32. The van der Waals surface area contributed by atoms with Crippen LogP contribution < -0.4 is 14.8 Å². The van der Waals surface area contributed by atoms with Crippen molar-refractivity contribution >= 4 is 33.0 Å². The predicted octanol–water partition coefficient (Wildman–Crippen LogP) is 2.06. The van der Waals surface area contributed by atoms with Crippen LogP contribution in [0.1, 0.15) is 41.3 Å². The molecule has 1 atom stereocenters. The van der Waals surface area contributed by atoms with Gasteiger partial charge in [0.2, 0.25) is 15.9 Å². The number of thiazole rings is 1. The first kappa shape index (κ1) is 24.7. The highest BCUT2D eigenvalue weighted by molar-refractivity contribution is 7.93. The second kappa shape index (κ2) is 10.6. The second-order valence-corrected chi connectivity index (χ2v) is 11.1. The fraction of sp³-hybridized carbons (Fsp3) is 0.318. The van der Waals surface area contributed by atoms with Gasteiger partial charge in [-0.25, -0.2) is 18.4 Å². The van der Waals surface area contributed by atoms with Crippen molar-refractivity contribution in [3.63, 3.8) is 0 Å². The monoisotopic (exact) mass is 541 g/mol. The number of carbonyl (C=O) groups is 1. The zero-order valence-corrected chi connectivity index (χ0v) is 21.3. The molecule has 0 aliphatic heterocycles. The molecule has 1 saturated carbocycles. The van der Waals surface area contributed by atoms with Gasteiger partial charge in [0.15, 0.2) is 5.01 Å². The van der Waals surface area contributed by atoms with Gasteiger partial charge >= 0.3 is 0 Å². The van der Waals surface area contributed by atoms with E-state index in [9.17, 15) is 13.2 Å². The van der Waals surface area contributed by atoms with E-state index in [1.807, 2.05) is 6.92 Å². The Labute approximate surface area is 216 Å². The molecule has 1 unspecified atom stereocenters. The van der Waals surface area contributed by atoms with E-state index < -0.39 is 22.0 Å². The van der Waals surface area contributed by atoms with Gasteiger partial charge in [0.25, 0.3) is 5.91 Å². The van der Waals surface area contributed by atoms with Crippen LogP contribution >= 0.6 is 11.3 Å². The minimum atomic E-state index is -3.45. The van der Waals surface area contributed by atoms with Crippen LogP contribution in [0.4, 0.5) is 5.69 Å². The number of carbonyl (C=O) groups excluding carboxylic acids is 1. The number of hydrogen-bond donors (Lipinski definition) is 2. The summed E-state index contributed by atoms with van der Waals surface area (Å²) in [4.78, 5) is 32.4. The second-order valence-electron chi connectivity index (χ2n) is 8.13. The van der Waals surface area contributed by atoms with Gasteiger partial charge in [-0.2, -0.15) is 15.0 Å². The van der Waals surface area contributed by atoms with Crippen LogP contribution in [0.5, 0.6) is 5.88 Å².